The van der Waals surface area contributed by atoms with Crippen molar-refractivity contribution < 1.29 is 15.0 Å². The third kappa shape index (κ3) is 2.60. The Morgan fingerprint density at radius 1 is 1.05 bits per heavy atom. The van der Waals surface area contributed by atoms with Crippen molar-refractivity contribution in [2.75, 3.05) is 0 Å². The molecule has 0 atom stereocenters. The lowest BCUT2D eigenvalue weighted by Gasteiger charge is -2.14. The van der Waals surface area contributed by atoms with Crippen molar-refractivity contribution in [3.8, 4) is 16.9 Å². The summed E-state index contributed by atoms with van der Waals surface area (Å²) < 4.78 is 0. The Morgan fingerprint density at radius 3 is 2.21 bits per heavy atom. The molecular formula is C16H16O3. The van der Waals surface area contributed by atoms with E-state index in [1.54, 1.807) is 0 Å². The molecule has 98 valence electrons. The first kappa shape index (κ1) is 13.1. The Hall–Kier alpha value is -2.29. The molecule has 0 bridgehead atoms. The SMILES string of the molecule is CC(C)c1cc(-c2ccccc2)cc(O)c1C(=O)O. The summed E-state index contributed by atoms with van der Waals surface area (Å²) in [6, 6.07) is 12.9. The van der Waals surface area contributed by atoms with E-state index in [-0.39, 0.29) is 17.2 Å². The number of rotatable bonds is 3. The average molecular weight is 256 g/mol. The number of carbonyl (C=O) groups is 1. The van der Waals surface area contributed by atoms with E-state index in [0.29, 0.717) is 5.56 Å². The lowest BCUT2D eigenvalue weighted by molar-refractivity contribution is 0.0692. The van der Waals surface area contributed by atoms with Gasteiger partial charge >= 0.3 is 5.97 Å². The first-order valence-corrected chi connectivity index (χ1v) is 6.16. The highest BCUT2D eigenvalue weighted by Crippen LogP contribution is 2.33. The molecular weight excluding hydrogens is 240 g/mol. The standard InChI is InChI=1S/C16H16O3/c1-10(2)13-8-12(11-6-4-3-5-7-11)9-14(17)15(13)16(18)19/h3-10,17H,1-2H3,(H,18,19). The summed E-state index contributed by atoms with van der Waals surface area (Å²) in [5.41, 5.74) is 2.42. The summed E-state index contributed by atoms with van der Waals surface area (Å²) in [6.07, 6.45) is 0. The first-order valence-electron chi connectivity index (χ1n) is 6.16. The number of carboxylic acid groups (broad SMARTS) is 1. The number of aromatic hydroxyl groups is 1. The largest absolute Gasteiger partial charge is 0.507 e. The lowest BCUT2D eigenvalue weighted by Crippen LogP contribution is -2.05. The van der Waals surface area contributed by atoms with Crippen molar-refractivity contribution >= 4 is 5.97 Å². The normalized spacial score (nSPS) is 10.7. The Labute approximate surface area is 112 Å². The number of benzene rings is 2. The monoisotopic (exact) mass is 256 g/mol. The van der Waals surface area contributed by atoms with Crippen molar-refractivity contribution in [2.45, 2.75) is 19.8 Å². The first-order chi connectivity index (χ1) is 9.00. The molecule has 0 saturated carbocycles. The molecule has 19 heavy (non-hydrogen) atoms. The molecule has 2 rings (SSSR count). The molecule has 0 aliphatic rings. The molecule has 0 aliphatic heterocycles. The molecule has 0 heterocycles. The second kappa shape index (κ2) is 5.14. The van der Waals surface area contributed by atoms with Gasteiger partial charge in [0.05, 0.1) is 0 Å². The van der Waals surface area contributed by atoms with Crippen LogP contribution in [0.15, 0.2) is 42.5 Å². The van der Waals surface area contributed by atoms with Gasteiger partial charge in [-0.25, -0.2) is 4.79 Å². The van der Waals surface area contributed by atoms with Crippen molar-refractivity contribution in [2.24, 2.45) is 0 Å². The summed E-state index contributed by atoms with van der Waals surface area (Å²) in [4.78, 5) is 11.2. The van der Waals surface area contributed by atoms with E-state index in [9.17, 15) is 15.0 Å². The fourth-order valence-electron chi connectivity index (χ4n) is 2.13. The second-order valence-electron chi connectivity index (χ2n) is 4.79. The summed E-state index contributed by atoms with van der Waals surface area (Å²) >= 11 is 0. The van der Waals surface area contributed by atoms with E-state index in [4.69, 9.17) is 0 Å². The molecule has 2 aromatic carbocycles. The zero-order valence-corrected chi connectivity index (χ0v) is 10.9. The molecule has 0 aliphatic carbocycles. The Morgan fingerprint density at radius 2 is 1.68 bits per heavy atom. The van der Waals surface area contributed by atoms with E-state index < -0.39 is 5.97 Å². The maximum atomic E-state index is 11.2. The van der Waals surface area contributed by atoms with Crippen LogP contribution in [0.25, 0.3) is 11.1 Å². The average Bonchev–Trinajstić information content (AvgIpc) is 2.38. The quantitative estimate of drug-likeness (QED) is 0.876. The number of carboxylic acids is 1. The summed E-state index contributed by atoms with van der Waals surface area (Å²) in [7, 11) is 0. The van der Waals surface area contributed by atoms with E-state index in [0.717, 1.165) is 11.1 Å². The van der Waals surface area contributed by atoms with Crippen LogP contribution in [0, 0.1) is 0 Å². The second-order valence-corrected chi connectivity index (χ2v) is 4.79. The van der Waals surface area contributed by atoms with Crippen LogP contribution in [-0.4, -0.2) is 16.2 Å². The van der Waals surface area contributed by atoms with Gasteiger partial charge in [-0.15, -0.1) is 0 Å². The Bertz CT molecular complexity index is 601. The topological polar surface area (TPSA) is 57.5 Å². The zero-order chi connectivity index (χ0) is 14.0. The number of hydrogen-bond acceptors (Lipinski definition) is 2. The van der Waals surface area contributed by atoms with Gasteiger partial charge in [0, 0.05) is 0 Å². The van der Waals surface area contributed by atoms with Gasteiger partial charge < -0.3 is 10.2 Å². The van der Waals surface area contributed by atoms with Crippen LogP contribution >= 0.6 is 0 Å². The van der Waals surface area contributed by atoms with Gasteiger partial charge in [0.1, 0.15) is 11.3 Å². The zero-order valence-electron chi connectivity index (χ0n) is 10.9. The molecule has 0 fully saturated rings. The predicted molar refractivity (Wildman–Crippen MR) is 74.6 cm³/mol. The van der Waals surface area contributed by atoms with Gasteiger partial charge in [0.15, 0.2) is 0 Å². The van der Waals surface area contributed by atoms with Gasteiger partial charge in [-0.3, -0.25) is 0 Å². The maximum Gasteiger partial charge on any atom is 0.339 e. The minimum Gasteiger partial charge on any atom is -0.507 e. The molecule has 0 aromatic heterocycles. The number of hydrogen-bond donors (Lipinski definition) is 2. The fourth-order valence-corrected chi connectivity index (χ4v) is 2.13. The Balaban J connectivity index is 2.65. The highest BCUT2D eigenvalue weighted by Gasteiger charge is 2.19. The van der Waals surface area contributed by atoms with Crippen LogP contribution in [0.2, 0.25) is 0 Å². The van der Waals surface area contributed by atoms with Crippen molar-refractivity contribution in [3.05, 3.63) is 53.6 Å². The van der Waals surface area contributed by atoms with Crippen molar-refractivity contribution in [1.82, 2.24) is 0 Å². The number of phenols is 1. The number of aromatic carboxylic acids is 1. The minimum atomic E-state index is -1.10. The van der Waals surface area contributed by atoms with Gasteiger partial charge in [0.2, 0.25) is 0 Å². The van der Waals surface area contributed by atoms with Gasteiger partial charge in [-0.1, -0.05) is 44.2 Å². The molecule has 0 spiro atoms. The van der Waals surface area contributed by atoms with Crippen molar-refractivity contribution in [1.29, 1.82) is 0 Å². The lowest BCUT2D eigenvalue weighted by atomic mass is 9.92. The van der Waals surface area contributed by atoms with Crippen LogP contribution in [0.3, 0.4) is 0 Å². The highest BCUT2D eigenvalue weighted by atomic mass is 16.4. The molecule has 3 nitrogen and oxygen atoms in total. The van der Waals surface area contributed by atoms with Crippen LogP contribution in [0.4, 0.5) is 0 Å². The van der Waals surface area contributed by atoms with E-state index in [1.165, 1.54) is 6.07 Å². The van der Waals surface area contributed by atoms with Crippen LogP contribution in [-0.2, 0) is 0 Å². The van der Waals surface area contributed by atoms with E-state index in [1.807, 2.05) is 50.2 Å². The van der Waals surface area contributed by atoms with Gasteiger partial charge in [-0.2, -0.15) is 0 Å². The molecule has 3 heteroatoms. The molecule has 0 unspecified atom stereocenters. The molecule has 0 amide bonds. The van der Waals surface area contributed by atoms with Gasteiger partial charge in [0.25, 0.3) is 0 Å². The van der Waals surface area contributed by atoms with Crippen LogP contribution in [0.5, 0.6) is 5.75 Å². The highest BCUT2D eigenvalue weighted by molar-refractivity contribution is 5.94. The van der Waals surface area contributed by atoms with E-state index in [2.05, 4.69) is 0 Å². The minimum absolute atomic E-state index is 0.00492. The third-order valence-corrected chi connectivity index (χ3v) is 3.09. The van der Waals surface area contributed by atoms with Crippen molar-refractivity contribution in [3.63, 3.8) is 0 Å². The molecule has 2 N–H and O–H groups in total. The molecule has 2 aromatic rings. The fraction of sp³-hybridized carbons (Fsp3) is 0.188. The predicted octanol–water partition coefficient (Wildman–Crippen LogP) is 3.88. The molecule has 0 saturated heterocycles. The summed E-state index contributed by atoms with van der Waals surface area (Å²) in [5, 5.41) is 19.2. The van der Waals surface area contributed by atoms with E-state index >= 15 is 0 Å². The van der Waals surface area contributed by atoms with Crippen LogP contribution < -0.4 is 0 Å². The Kier molecular flexibility index (Phi) is 3.56. The van der Waals surface area contributed by atoms with Gasteiger partial charge in [-0.05, 0) is 34.7 Å². The van der Waals surface area contributed by atoms with Crippen LogP contribution in [0.1, 0.15) is 35.7 Å². The molecule has 0 radical (unpaired) electrons. The maximum absolute atomic E-state index is 11.2. The third-order valence-electron chi connectivity index (χ3n) is 3.09. The smallest absolute Gasteiger partial charge is 0.339 e. The summed E-state index contributed by atoms with van der Waals surface area (Å²) in [6.45, 7) is 3.83. The summed E-state index contributed by atoms with van der Waals surface area (Å²) in [5.74, 6) is -1.25.